The first kappa shape index (κ1) is 15.2. The van der Waals surface area contributed by atoms with Crippen LogP contribution in [0.2, 0.25) is 0 Å². The first-order chi connectivity index (χ1) is 12.2. The van der Waals surface area contributed by atoms with E-state index in [0.717, 1.165) is 36.4 Å². The Kier molecular flexibility index (Phi) is 3.32. The van der Waals surface area contributed by atoms with E-state index in [2.05, 4.69) is 35.0 Å². The Hall–Kier alpha value is -2.07. The molecule has 0 aromatic heterocycles. The molecule has 3 nitrogen and oxygen atoms in total. The van der Waals surface area contributed by atoms with E-state index in [0.29, 0.717) is 0 Å². The molecule has 2 aromatic carbocycles. The lowest BCUT2D eigenvalue weighted by atomic mass is 9.83. The van der Waals surface area contributed by atoms with Crippen LogP contribution in [0.1, 0.15) is 29.5 Å². The first-order valence-corrected chi connectivity index (χ1v) is 9.73. The van der Waals surface area contributed by atoms with Crippen LogP contribution < -0.4 is 4.90 Å². The summed E-state index contributed by atoms with van der Waals surface area (Å²) in [4.78, 5) is 20.1. The Balaban J connectivity index is 1.59. The van der Waals surface area contributed by atoms with E-state index < -0.39 is 4.75 Å². The largest absolute Gasteiger partial charge is 0.366 e. The topological polar surface area (TPSA) is 32.7 Å². The van der Waals surface area contributed by atoms with Crippen molar-refractivity contribution in [1.29, 1.82) is 0 Å². The summed E-state index contributed by atoms with van der Waals surface area (Å²) in [5.74, 6) is 0.0559. The van der Waals surface area contributed by atoms with E-state index in [4.69, 9.17) is 0 Å². The minimum atomic E-state index is -0.456. The number of rotatable bonds is 1. The molecule has 0 N–H and O–H groups in total. The maximum absolute atomic E-state index is 13.1. The van der Waals surface area contributed by atoms with Crippen LogP contribution in [0.3, 0.4) is 0 Å². The van der Waals surface area contributed by atoms with Gasteiger partial charge >= 0.3 is 0 Å². The normalized spacial score (nSPS) is 27.4. The van der Waals surface area contributed by atoms with Gasteiger partial charge in [0.25, 0.3) is 5.91 Å². The summed E-state index contributed by atoms with van der Waals surface area (Å²) >= 11 is 1.70. The number of hydrogen-bond donors (Lipinski definition) is 0. The van der Waals surface area contributed by atoms with E-state index in [1.54, 1.807) is 11.8 Å². The second-order valence-corrected chi connectivity index (χ2v) is 8.56. The Labute approximate surface area is 152 Å². The molecule has 25 heavy (non-hydrogen) atoms. The zero-order chi connectivity index (χ0) is 17.0. The molecule has 0 radical (unpaired) electrons. The molecule has 5 rings (SSSR count). The highest BCUT2D eigenvalue weighted by atomic mass is 32.2. The number of anilines is 1. The van der Waals surface area contributed by atoms with Gasteiger partial charge in [0.1, 0.15) is 9.79 Å². The molecule has 0 bridgehead atoms. The minimum Gasteiger partial charge on any atom is -0.366 e. The van der Waals surface area contributed by atoms with Gasteiger partial charge in [-0.1, -0.05) is 59.8 Å². The number of benzene rings is 2. The average Bonchev–Trinajstić information content (AvgIpc) is 3.22. The first-order valence-electron chi connectivity index (χ1n) is 8.91. The number of nitrogens with zero attached hydrogens (tertiary/aromatic N) is 2. The standard InChI is InChI=1S/C21H20N2OS/c1-14-9-10-17-16(12-14)13-21(18-8-5-11-23(17)18)20(24)22-19(25-21)15-6-3-2-4-7-15/h2-4,6-7,9-10,12,18H,5,8,11,13H2,1H3. The fourth-order valence-corrected chi connectivity index (χ4v) is 6.00. The van der Waals surface area contributed by atoms with Crippen LogP contribution in [0.25, 0.3) is 0 Å². The summed E-state index contributed by atoms with van der Waals surface area (Å²) in [6.45, 7) is 3.16. The Bertz CT molecular complexity index is 892. The number of amides is 1. The van der Waals surface area contributed by atoms with Gasteiger partial charge in [-0.2, -0.15) is 0 Å². The quantitative estimate of drug-likeness (QED) is 0.781. The Morgan fingerprint density at radius 2 is 2.04 bits per heavy atom. The van der Waals surface area contributed by atoms with E-state index in [-0.39, 0.29) is 11.9 Å². The number of thioether (sulfide) groups is 1. The molecule has 3 aliphatic rings. The van der Waals surface area contributed by atoms with Gasteiger partial charge in [0, 0.05) is 24.2 Å². The van der Waals surface area contributed by atoms with Gasteiger partial charge < -0.3 is 4.90 Å². The number of carbonyl (C=O) groups is 1. The van der Waals surface area contributed by atoms with Crippen molar-refractivity contribution in [3.05, 3.63) is 65.2 Å². The zero-order valence-electron chi connectivity index (χ0n) is 14.2. The van der Waals surface area contributed by atoms with Gasteiger partial charge in [-0.15, -0.1) is 0 Å². The van der Waals surface area contributed by atoms with Crippen molar-refractivity contribution in [3.8, 4) is 0 Å². The maximum Gasteiger partial charge on any atom is 0.265 e. The van der Waals surface area contributed by atoms with Crippen LogP contribution in [0.15, 0.2) is 53.5 Å². The molecule has 1 saturated heterocycles. The van der Waals surface area contributed by atoms with E-state index in [1.165, 1.54) is 16.8 Å². The molecule has 2 atom stereocenters. The monoisotopic (exact) mass is 348 g/mol. The molecule has 0 aliphatic carbocycles. The lowest BCUT2D eigenvalue weighted by Crippen LogP contribution is -2.55. The molecule has 2 aromatic rings. The number of aliphatic imine (C=N–C) groups is 1. The van der Waals surface area contributed by atoms with Crippen LogP contribution >= 0.6 is 11.8 Å². The average molecular weight is 348 g/mol. The van der Waals surface area contributed by atoms with Gasteiger partial charge in [0.2, 0.25) is 0 Å². The van der Waals surface area contributed by atoms with Gasteiger partial charge in [0.05, 0.1) is 6.04 Å². The fraction of sp³-hybridized carbons (Fsp3) is 0.333. The molecule has 2 unspecified atom stereocenters. The lowest BCUT2D eigenvalue weighted by Gasteiger charge is -2.44. The summed E-state index contributed by atoms with van der Waals surface area (Å²) in [5, 5.41) is 0.883. The van der Waals surface area contributed by atoms with Crippen LogP contribution in [0.4, 0.5) is 5.69 Å². The van der Waals surface area contributed by atoms with Gasteiger partial charge in [-0.25, -0.2) is 4.99 Å². The summed E-state index contributed by atoms with van der Waals surface area (Å²) < 4.78 is -0.456. The summed E-state index contributed by atoms with van der Waals surface area (Å²) in [5.41, 5.74) is 4.92. The highest BCUT2D eigenvalue weighted by Crippen LogP contribution is 2.51. The second-order valence-electron chi connectivity index (χ2n) is 7.24. The minimum absolute atomic E-state index is 0.0559. The molecule has 4 heteroatoms. The van der Waals surface area contributed by atoms with Gasteiger partial charge in [0.15, 0.2) is 0 Å². The van der Waals surface area contributed by atoms with Crippen LogP contribution in [0.5, 0.6) is 0 Å². The van der Waals surface area contributed by atoms with Crippen molar-refractivity contribution in [1.82, 2.24) is 0 Å². The number of aryl methyl sites for hydroxylation is 1. The van der Waals surface area contributed by atoms with Crippen molar-refractivity contribution < 1.29 is 4.79 Å². The lowest BCUT2D eigenvalue weighted by molar-refractivity contribution is -0.120. The molecule has 3 heterocycles. The third-order valence-corrected chi connectivity index (χ3v) is 7.13. The van der Waals surface area contributed by atoms with Crippen molar-refractivity contribution >= 4 is 28.4 Å². The van der Waals surface area contributed by atoms with E-state index >= 15 is 0 Å². The molecule has 1 fully saturated rings. The van der Waals surface area contributed by atoms with Crippen LogP contribution in [-0.2, 0) is 11.2 Å². The predicted octanol–water partition coefficient (Wildman–Crippen LogP) is 3.98. The number of fused-ring (bicyclic) bond motifs is 4. The molecule has 1 amide bonds. The van der Waals surface area contributed by atoms with Gasteiger partial charge in [-0.3, -0.25) is 4.79 Å². The summed E-state index contributed by atoms with van der Waals surface area (Å²) in [7, 11) is 0. The fourth-order valence-electron chi connectivity index (χ4n) is 4.53. The smallest absolute Gasteiger partial charge is 0.265 e. The van der Waals surface area contributed by atoms with Crippen molar-refractivity contribution in [2.45, 2.75) is 37.0 Å². The highest BCUT2D eigenvalue weighted by molar-refractivity contribution is 8.16. The SMILES string of the molecule is Cc1ccc2c(c1)CC1(SC(c3ccccc3)=NC1=O)C1CCCN21. The molecular formula is C21H20N2OS. The van der Waals surface area contributed by atoms with E-state index in [1.807, 2.05) is 30.3 Å². The van der Waals surface area contributed by atoms with Crippen molar-refractivity contribution in [3.63, 3.8) is 0 Å². The zero-order valence-corrected chi connectivity index (χ0v) is 15.1. The van der Waals surface area contributed by atoms with Gasteiger partial charge in [-0.05, 0) is 31.4 Å². The second kappa shape index (κ2) is 5.46. The molecule has 3 aliphatic heterocycles. The number of hydrogen-bond acceptors (Lipinski definition) is 3. The third-order valence-electron chi connectivity index (χ3n) is 5.65. The van der Waals surface area contributed by atoms with Crippen molar-refractivity contribution in [2.24, 2.45) is 4.99 Å². The summed E-state index contributed by atoms with van der Waals surface area (Å²) in [6.07, 6.45) is 3.01. The highest BCUT2D eigenvalue weighted by Gasteiger charge is 2.57. The molecular weight excluding hydrogens is 328 g/mol. The summed E-state index contributed by atoms with van der Waals surface area (Å²) in [6, 6.07) is 17.0. The molecule has 1 spiro atoms. The van der Waals surface area contributed by atoms with Crippen LogP contribution in [-0.4, -0.2) is 28.3 Å². The Morgan fingerprint density at radius 3 is 2.88 bits per heavy atom. The Morgan fingerprint density at radius 1 is 1.20 bits per heavy atom. The van der Waals surface area contributed by atoms with Crippen LogP contribution in [0, 0.1) is 6.92 Å². The third kappa shape index (κ3) is 2.20. The predicted molar refractivity (Wildman–Crippen MR) is 104 cm³/mol. The number of carbonyl (C=O) groups excluding carboxylic acids is 1. The molecule has 126 valence electrons. The molecule has 0 saturated carbocycles. The van der Waals surface area contributed by atoms with E-state index in [9.17, 15) is 4.79 Å². The maximum atomic E-state index is 13.1. The van der Waals surface area contributed by atoms with Crippen molar-refractivity contribution in [2.75, 3.05) is 11.4 Å².